The average Bonchev–Trinajstić information content (AvgIpc) is 2.45. The second-order valence-electron chi connectivity index (χ2n) is 2.95. The van der Waals surface area contributed by atoms with E-state index in [0.717, 1.165) is 11.3 Å². The minimum atomic E-state index is -3.56. The van der Waals surface area contributed by atoms with Gasteiger partial charge in [-0.1, -0.05) is 11.6 Å². The molecule has 16 heavy (non-hydrogen) atoms. The van der Waals surface area contributed by atoms with Crippen molar-refractivity contribution in [2.75, 3.05) is 6.54 Å². The molecule has 0 unspecified atom stereocenters. The summed E-state index contributed by atoms with van der Waals surface area (Å²) in [5, 5.41) is 0. The fourth-order valence-electron chi connectivity index (χ4n) is 0.885. The van der Waals surface area contributed by atoms with Crippen molar-refractivity contribution >= 4 is 61.3 Å². The number of rotatable bonds is 4. The SMILES string of the molecule is C[C@H](CN)NS(=O)(=O)c1cc(Br)sc1Cl.Cl. The average molecular weight is 370 g/mol. The Morgan fingerprint density at radius 3 is 2.62 bits per heavy atom. The first-order valence-electron chi connectivity index (χ1n) is 4.04. The highest BCUT2D eigenvalue weighted by Crippen LogP contribution is 2.34. The van der Waals surface area contributed by atoms with Crippen LogP contribution in [-0.4, -0.2) is 21.0 Å². The fraction of sp³-hybridized carbons (Fsp3) is 0.429. The fourth-order valence-corrected chi connectivity index (χ4v) is 4.91. The minimum absolute atomic E-state index is 0. The van der Waals surface area contributed by atoms with E-state index in [2.05, 4.69) is 20.7 Å². The van der Waals surface area contributed by atoms with E-state index in [1.54, 1.807) is 6.92 Å². The van der Waals surface area contributed by atoms with Crippen LogP contribution < -0.4 is 10.5 Å². The number of sulfonamides is 1. The molecule has 0 spiro atoms. The van der Waals surface area contributed by atoms with Gasteiger partial charge in [0.25, 0.3) is 0 Å². The standard InChI is InChI=1S/C7H10BrClN2O2S2.ClH/c1-4(3-10)11-15(12,13)5-2-6(8)14-7(5)9;/h2,4,11H,3,10H2,1H3;1H/t4-;/m1./s1. The van der Waals surface area contributed by atoms with Crippen molar-refractivity contribution in [3.63, 3.8) is 0 Å². The Morgan fingerprint density at radius 2 is 2.25 bits per heavy atom. The van der Waals surface area contributed by atoms with Crippen molar-refractivity contribution in [3.05, 3.63) is 14.2 Å². The predicted molar refractivity (Wildman–Crippen MR) is 73.1 cm³/mol. The number of thiophene rings is 1. The summed E-state index contributed by atoms with van der Waals surface area (Å²) >= 11 is 10.1. The zero-order valence-electron chi connectivity index (χ0n) is 8.24. The Labute approximate surface area is 118 Å². The summed E-state index contributed by atoms with van der Waals surface area (Å²) in [6, 6.07) is 1.16. The lowest BCUT2D eigenvalue weighted by Gasteiger charge is -2.10. The van der Waals surface area contributed by atoms with Gasteiger partial charge in [0.15, 0.2) is 0 Å². The van der Waals surface area contributed by atoms with Crippen LogP contribution in [0.15, 0.2) is 14.7 Å². The molecule has 1 aromatic rings. The van der Waals surface area contributed by atoms with E-state index in [9.17, 15) is 8.42 Å². The lowest BCUT2D eigenvalue weighted by Crippen LogP contribution is -2.37. The Hall–Kier alpha value is 0.630. The number of halogens is 3. The zero-order chi connectivity index (χ0) is 11.6. The van der Waals surface area contributed by atoms with E-state index in [0.29, 0.717) is 3.79 Å². The highest BCUT2D eigenvalue weighted by atomic mass is 79.9. The number of hydrogen-bond acceptors (Lipinski definition) is 4. The van der Waals surface area contributed by atoms with E-state index >= 15 is 0 Å². The quantitative estimate of drug-likeness (QED) is 0.854. The summed E-state index contributed by atoms with van der Waals surface area (Å²) in [6.07, 6.45) is 0. The van der Waals surface area contributed by atoms with Gasteiger partial charge in [0.05, 0.1) is 3.79 Å². The van der Waals surface area contributed by atoms with Crippen molar-refractivity contribution in [2.45, 2.75) is 17.9 Å². The maximum atomic E-state index is 11.8. The van der Waals surface area contributed by atoms with Crippen molar-refractivity contribution in [1.29, 1.82) is 0 Å². The van der Waals surface area contributed by atoms with Gasteiger partial charge in [-0.25, -0.2) is 13.1 Å². The normalized spacial score (nSPS) is 13.2. The second kappa shape index (κ2) is 6.53. The largest absolute Gasteiger partial charge is 0.329 e. The second-order valence-corrected chi connectivity index (χ2v) is 7.66. The molecule has 0 aliphatic rings. The lowest BCUT2D eigenvalue weighted by atomic mass is 10.4. The molecule has 0 aliphatic carbocycles. The summed E-state index contributed by atoms with van der Waals surface area (Å²) < 4.78 is 26.9. The van der Waals surface area contributed by atoms with E-state index in [1.807, 2.05) is 0 Å². The van der Waals surface area contributed by atoms with E-state index < -0.39 is 10.0 Å². The molecule has 0 bridgehead atoms. The number of hydrogen-bond donors (Lipinski definition) is 2. The molecule has 0 fully saturated rings. The summed E-state index contributed by atoms with van der Waals surface area (Å²) in [4.78, 5) is 0.0846. The van der Waals surface area contributed by atoms with Gasteiger partial charge >= 0.3 is 0 Å². The van der Waals surface area contributed by atoms with Crippen molar-refractivity contribution in [2.24, 2.45) is 5.73 Å². The third-order valence-electron chi connectivity index (χ3n) is 1.62. The number of nitrogens with one attached hydrogen (secondary N) is 1. The van der Waals surface area contributed by atoms with Crippen LogP contribution in [0, 0.1) is 0 Å². The molecule has 0 radical (unpaired) electrons. The molecule has 0 saturated carbocycles. The van der Waals surface area contributed by atoms with Gasteiger partial charge < -0.3 is 5.73 Å². The molecule has 0 aliphatic heterocycles. The Morgan fingerprint density at radius 1 is 1.69 bits per heavy atom. The molecule has 9 heteroatoms. The summed E-state index contributed by atoms with van der Waals surface area (Å²) in [6.45, 7) is 1.93. The van der Waals surface area contributed by atoms with Gasteiger partial charge in [0, 0.05) is 12.6 Å². The number of nitrogens with two attached hydrogens (primary N) is 1. The van der Waals surface area contributed by atoms with Crippen LogP contribution in [0.1, 0.15) is 6.92 Å². The van der Waals surface area contributed by atoms with Gasteiger partial charge in [0.1, 0.15) is 9.23 Å². The van der Waals surface area contributed by atoms with Crippen molar-refractivity contribution in [3.8, 4) is 0 Å². The lowest BCUT2D eigenvalue weighted by molar-refractivity contribution is 0.563. The van der Waals surface area contributed by atoms with Crippen LogP contribution in [0.25, 0.3) is 0 Å². The summed E-state index contributed by atoms with van der Waals surface area (Å²) in [7, 11) is -3.56. The monoisotopic (exact) mass is 368 g/mol. The Kier molecular flexibility index (Phi) is 6.79. The topological polar surface area (TPSA) is 72.2 Å². The molecule has 1 rings (SSSR count). The van der Waals surface area contributed by atoms with Crippen LogP contribution in [0.4, 0.5) is 0 Å². The molecule has 3 N–H and O–H groups in total. The maximum absolute atomic E-state index is 11.8. The molecule has 0 aromatic carbocycles. The van der Waals surface area contributed by atoms with Gasteiger partial charge in [-0.15, -0.1) is 23.7 Å². The predicted octanol–water partition coefficient (Wildman–Crippen LogP) is 2.21. The van der Waals surface area contributed by atoms with Crippen LogP contribution in [0.2, 0.25) is 4.34 Å². The smallest absolute Gasteiger partial charge is 0.243 e. The van der Waals surface area contributed by atoms with Crippen molar-refractivity contribution in [1.82, 2.24) is 4.72 Å². The molecule has 0 amide bonds. The Bertz CT molecular complexity index is 449. The highest BCUT2D eigenvalue weighted by Gasteiger charge is 2.22. The molecule has 1 aromatic heterocycles. The molecule has 1 heterocycles. The van der Waals surface area contributed by atoms with Gasteiger partial charge in [-0.2, -0.15) is 0 Å². The van der Waals surface area contributed by atoms with Crippen LogP contribution in [0.3, 0.4) is 0 Å². The van der Waals surface area contributed by atoms with Gasteiger partial charge in [-0.05, 0) is 28.9 Å². The maximum Gasteiger partial charge on any atom is 0.243 e. The highest BCUT2D eigenvalue weighted by molar-refractivity contribution is 9.11. The third kappa shape index (κ3) is 4.14. The molecule has 4 nitrogen and oxygen atoms in total. The van der Waals surface area contributed by atoms with Crippen LogP contribution in [-0.2, 0) is 10.0 Å². The molecule has 94 valence electrons. The first-order valence-corrected chi connectivity index (χ1v) is 7.51. The third-order valence-corrected chi connectivity index (χ3v) is 5.34. The molecule has 1 atom stereocenters. The van der Waals surface area contributed by atoms with E-state index in [-0.39, 0.29) is 34.2 Å². The van der Waals surface area contributed by atoms with Crippen molar-refractivity contribution < 1.29 is 8.42 Å². The van der Waals surface area contributed by atoms with E-state index in [1.165, 1.54) is 6.07 Å². The molecular weight excluding hydrogens is 359 g/mol. The molecular formula is C7H11BrCl2N2O2S2. The van der Waals surface area contributed by atoms with Gasteiger partial charge in [-0.3, -0.25) is 0 Å². The van der Waals surface area contributed by atoms with E-state index in [4.69, 9.17) is 17.3 Å². The Balaban J connectivity index is 0.00000225. The molecule has 0 saturated heterocycles. The first-order chi connectivity index (χ1) is 6.86. The summed E-state index contributed by atoms with van der Waals surface area (Å²) in [5.74, 6) is 0. The van der Waals surface area contributed by atoms with Crippen LogP contribution in [0.5, 0.6) is 0 Å². The summed E-state index contributed by atoms with van der Waals surface area (Å²) in [5.41, 5.74) is 5.33. The zero-order valence-corrected chi connectivity index (χ0v) is 13.0. The van der Waals surface area contributed by atoms with Crippen LogP contribution >= 0.6 is 51.3 Å². The van der Waals surface area contributed by atoms with Gasteiger partial charge in [0.2, 0.25) is 10.0 Å². The first kappa shape index (κ1) is 16.6. The minimum Gasteiger partial charge on any atom is -0.329 e.